The van der Waals surface area contributed by atoms with Crippen LogP contribution >= 0.6 is 0 Å². The molecule has 0 atom stereocenters. The minimum atomic E-state index is -0.900. The Balaban J connectivity index is 1.88. The molecule has 2 aromatic carbocycles. The fourth-order valence-corrected chi connectivity index (χ4v) is 2.25. The van der Waals surface area contributed by atoms with Gasteiger partial charge in [0.2, 0.25) is 5.91 Å². The number of hydrogen-bond donors (Lipinski definition) is 1. The van der Waals surface area contributed by atoms with Crippen molar-refractivity contribution in [2.24, 2.45) is 0 Å². The van der Waals surface area contributed by atoms with Crippen LogP contribution in [0.2, 0.25) is 0 Å². The number of methoxy groups -OCH3 is 1. The topological polar surface area (TPSA) is 67.9 Å². The third kappa shape index (κ3) is 5.95. The zero-order valence-electron chi connectivity index (χ0n) is 15.0. The molecular formula is C19H20F2N2O4. The maximum Gasteiger partial charge on any atom is 0.260 e. The van der Waals surface area contributed by atoms with Crippen molar-refractivity contribution in [3.63, 3.8) is 0 Å². The zero-order valence-corrected chi connectivity index (χ0v) is 15.0. The van der Waals surface area contributed by atoms with Gasteiger partial charge in [0.1, 0.15) is 11.6 Å². The zero-order chi connectivity index (χ0) is 19.8. The van der Waals surface area contributed by atoms with E-state index in [1.54, 1.807) is 31.2 Å². The Labute approximate surface area is 155 Å². The maximum absolute atomic E-state index is 13.5. The number of hydrogen-bond acceptors (Lipinski definition) is 4. The summed E-state index contributed by atoms with van der Waals surface area (Å²) in [4.78, 5) is 25.6. The van der Waals surface area contributed by atoms with Crippen LogP contribution in [0, 0.1) is 11.6 Å². The molecule has 0 spiro atoms. The Kier molecular flexibility index (Phi) is 7.10. The quantitative estimate of drug-likeness (QED) is 0.767. The fraction of sp³-hybridized carbons (Fsp3) is 0.263. The number of carbonyl (C=O) groups excluding carboxylic acids is 2. The van der Waals surface area contributed by atoms with Gasteiger partial charge in [-0.15, -0.1) is 0 Å². The molecule has 2 aromatic rings. The number of amides is 2. The molecule has 0 fully saturated rings. The molecule has 0 radical (unpaired) electrons. The summed E-state index contributed by atoms with van der Waals surface area (Å²) in [5.41, 5.74) is 0.564. The number of carbonyl (C=O) groups is 2. The summed E-state index contributed by atoms with van der Waals surface area (Å²) in [6.07, 6.45) is 0. The monoisotopic (exact) mass is 378 g/mol. The molecule has 6 nitrogen and oxygen atoms in total. The van der Waals surface area contributed by atoms with E-state index in [-0.39, 0.29) is 24.7 Å². The normalized spacial score (nSPS) is 10.2. The summed E-state index contributed by atoms with van der Waals surface area (Å²) in [6.45, 7) is 1.32. The molecule has 1 N–H and O–H groups in total. The predicted molar refractivity (Wildman–Crippen MR) is 95.7 cm³/mol. The number of likely N-dealkylation sites (N-methyl/N-ethyl adjacent to an activating group) is 1. The Hall–Kier alpha value is -3.16. The van der Waals surface area contributed by atoms with Crippen LogP contribution in [0.5, 0.6) is 11.5 Å². The number of nitrogens with one attached hydrogen (secondary N) is 1. The van der Waals surface area contributed by atoms with Gasteiger partial charge in [-0.3, -0.25) is 9.59 Å². The Morgan fingerprint density at radius 1 is 1.11 bits per heavy atom. The summed E-state index contributed by atoms with van der Waals surface area (Å²) in [7, 11) is 1.54. The first kappa shape index (κ1) is 20.2. The summed E-state index contributed by atoms with van der Waals surface area (Å²) >= 11 is 0. The lowest BCUT2D eigenvalue weighted by molar-refractivity contribution is -0.136. The Morgan fingerprint density at radius 2 is 1.81 bits per heavy atom. The second-order valence-corrected chi connectivity index (χ2v) is 5.55. The van der Waals surface area contributed by atoms with Crippen molar-refractivity contribution in [3.8, 4) is 11.5 Å². The first-order valence-corrected chi connectivity index (χ1v) is 8.22. The largest absolute Gasteiger partial charge is 0.497 e. The fourth-order valence-electron chi connectivity index (χ4n) is 2.25. The van der Waals surface area contributed by atoms with E-state index in [0.717, 1.165) is 12.1 Å². The van der Waals surface area contributed by atoms with Gasteiger partial charge in [0.05, 0.1) is 13.7 Å². The van der Waals surface area contributed by atoms with Crippen LogP contribution in [-0.2, 0) is 9.59 Å². The van der Waals surface area contributed by atoms with Crippen LogP contribution in [0.4, 0.5) is 14.5 Å². The molecule has 0 aliphatic carbocycles. The highest BCUT2D eigenvalue weighted by Gasteiger charge is 2.17. The molecule has 0 saturated carbocycles. The summed E-state index contributed by atoms with van der Waals surface area (Å²) < 4.78 is 36.5. The number of ether oxygens (including phenoxy) is 2. The molecule has 0 aliphatic rings. The standard InChI is InChI=1S/C19H20F2N2O4/c1-3-23(11-18(24)22-14-5-7-15(26-2)8-6-14)19(25)12-27-17-9-4-13(20)10-16(17)21/h4-10H,3,11-12H2,1-2H3,(H,22,24). The molecule has 0 saturated heterocycles. The van der Waals surface area contributed by atoms with E-state index < -0.39 is 24.1 Å². The average molecular weight is 378 g/mol. The van der Waals surface area contributed by atoms with E-state index in [0.29, 0.717) is 17.5 Å². The molecule has 0 aromatic heterocycles. The van der Waals surface area contributed by atoms with Crippen LogP contribution < -0.4 is 14.8 Å². The molecule has 0 unspecified atom stereocenters. The lowest BCUT2D eigenvalue weighted by Crippen LogP contribution is -2.40. The lowest BCUT2D eigenvalue weighted by Gasteiger charge is -2.20. The molecule has 0 bridgehead atoms. The third-order valence-corrected chi connectivity index (χ3v) is 3.69. The van der Waals surface area contributed by atoms with Gasteiger partial charge in [-0.25, -0.2) is 8.78 Å². The van der Waals surface area contributed by atoms with Crippen LogP contribution in [0.25, 0.3) is 0 Å². The number of rotatable bonds is 8. The van der Waals surface area contributed by atoms with Crippen LogP contribution in [0.15, 0.2) is 42.5 Å². The molecule has 27 heavy (non-hydrogen) atoms. The second-order valence-electron chi connectivity index (χ2n) is 5.55. The van der Waals surface area contributed by atoms with E-state index in [2.05, 4.69) is 5.32 Å². The number of nitrogens with zero attached hydrogens (tertiary/aromatic N) is 1. The first-order chi connectivity index (χ1) is 12.9. The van der Waals surface area contributed by atoms with Crippen molar-refractivity contribution in [3.05, 3.63) is 54.1 Å². The van der Waals surface area contributed by atoms with Gasteiger partial charge in [-0.2, -0.15) is 0 Å². The van der Waals surface area contributed by atoms with E-state index >= 15 is 0 Å². The highest BCUT2D eigenvalue weighted by molar-refractivity contribution is 5.94. The number of anilines is 1. The highest BCUT2D eigenvalue weighted by atomic mass is 19.1. The Morgan fingerprint density at radius 3 is 2.41 bits per heavy atom. The van der Waals surface area contributed by atoms with Crippen molar-refractivity contribution in [1.29, 1.82) is 0 Å². The lowest BCUT2D eigenvalue weighted by atomic mass is 10.3. The first-order valence-electron chi connectivity index (χ1n) is 8.22. The molecular weight excluding hydrogens is 358 g/mol. The molecule has 2 rings (SSSR count). The SMILES string of the molecule is CCN(CC(=O)Nc1ccc(OC)cc1)C(=O)COc1ccc(F)cc1F. The average Bonchev–Trinajstić information content (AvgIpc) is 2.65. The van der Waals surface area contributed by atoms with Crippen molar-refractivity contribution in [2.45, 2.75) is 6.92 Å². The molecule has 0 aliphatic heterocycles. The summed E-state index contributed by atoms with van der Waals surface area (Å²) in [5, 5.41) is 2.67. The second kappa shape index (κ2) is 9.51. The van der Waals surface area contributed by atoms with E-state index in [1.165, 1.54) is 12.0 Å². The van der Waals surface area contributed by atoms with Gasteiger partial charge in [0.25, 0.3) is 5.91 Å². The van der Waals surface area contributed by atoms with Crippen molar-refractivity contribution < 1.29 is 27.8 Å². The van der Waals surface area contributed by atoms with Crippen molar-refractivity contribution >= 4 is 17.5 Å². The maximum atomic E-state index is 13.5. The van der Waals surface area contributed by atoms with Gasteiger partial charge >= 0.3 is 0 Å². The van der Waals surface area contributed by atoms with Crippen LogP contribution in [0.3, 0.4) is 0 Å². The Bertz CT molecular complexity index is 797. The summed E-state index contributed by atoms with van der Waals surface area (Å²) in [6, 6.07) is 9.55. The van der Waals surface area contributed by atoms with Crippen molar-refractivity contribution in [2.75, 3.05) is 32.1 Å². The third-order valence-electron chi connectivity index (χ3n) is 3.69. The number of benzene rings is 2. The van der Waals surface area contributed by atoms with E-state index in [9.17, 15) is 18.4 Å². The van der Waals surface area contributed by atoms with E-state index in [4.69, 9.17) is 9.47 Å². The van der Waals surface area contributed by atoms with Crippen LogP contribution in [0.1, 0.15) is 6.92 Å². The summed E-state index contributed by atoms with van der Waals surface area (Å²) in [5.74, 6) is -2.10. The molecule has 0 heterocycles. The molecule has 144 valence electrons. The predicted octanol–water partition coefficient (Wildman–Crippen LogP) is 2.84. The van der Waals surface area contributed by atoms with Gasteiger partial charge in [-0.05, 0) is 43.3 Å². The van der Waals surface area contributed by atoms with E-state index in [1.807, 2.05) is 0 Å². The van der Waals surface area contributed by atoms with Crippen LogP contribution in [-0.4, -0.2) is 43.5 Å². The molecule has 2 amide bonds. The minimum Gasteiger partial charge on any atom is -0.497 e. The van der Waals surface area contributed by atoms with Gasteiger partial charge in [-0.1, -0.05) is 0 Å². The van der Waals surface area contributed by atoms with Gasteiger partial charge in [0.15, 0.2) is 18.2 Å². The van der Waals surface area contributed by atoms with Gasteiger partial charge in [0, 0.05) is 18.3 Å². The minimum absolute atomic E-state index is 0.184. The number of halogens is 2. The smallest absolute Gasteiger partial charge is 0.260 e. The van der Waals surface area contributed by atoms with Crippen molar-refractivity contribution in [1.82, 2.24) is 4.90 Å². The highest BCUT2D eigenvalue weighted by Crippen LogP contribution is 2.18. The molecule has 8 heteroatoms. The van der Waals surface area contributed by atoms with Gasteiger partial charge < -0.3 is 19.7 Å².